The SMILES string of the molecule is O=C(Nc1ccc(CO)cc1)c1cc(O)n(-c2ccc(F)cn2)n1. The van der Waals surface area contributed by atoms with Gasteiger partial charge >= 0.3 is 0 Å². The van der Waals surface area contributed by atoms with E-state index in [2.05, 4.69) is 15.4 Å². The smallest absolute Gasteiger partial charge is 0.276 e. The molecular weight excluding hydrogens is 315 g/mol. The van der Waals surface area contributed by atoms with Gasteiger partial charge in [-0.25, -0.2) is 9.37 Å². The van der Waals surface area contributed by atoms with Crippen molar-refractivity contribution in [1.82, 2.24) is 14.8 Å². The van der Waals surface area contributed by atoms with Gasteiger partial charge in [-0.3, -0.25) is 4.79 Å². The molecule has 24 heavy (non-hydrogen) atoms. The summed E-state index contributed by atoms with van der Waals surface area (Å²) in [5.41, 5.74) is 1.22. The Balaban J connectivity index is 1.80. The van der Waals surface area contributed by atoms with Crippen LogP contribution in [0.3, 0.4) is 0 Å². The van der Waals surface area contributed by atoms with Crippen LogP contribution in [0.5, 0.6) is 5.88 Å². The van der Waals surface area contributed by atoms with Gasteiger partial charge in [-0.2, -0.15) is 9.78 Å². The Kier molecular flexibility index (Phi) is 4.21. The Bertz CT molecular complexity index is 860. The van der Waals surface area contributed by atoms with E-state index >= 15 is 0 Å². The second-order valence-electron chi connectivity index (χ2n) is 4.94. The van der Waals surface area contributed by atoms with Crippen LogP contribution in [0, 0.1) is 5.82 Å². The normalized spacial score (nSPS) is 10.6. The topological polar surface area (TPSA) is 100 Å². The highest BCUT2D eigenvalue weighted by molar-refractivity contribution is 6.03. The lowest BCUT2D eigenvalue weighted by Gasteiger charge is -2.04. The third-order valence-corrected chi connectivity index (χ3v) is 3.25. The molecule has 8 heteroatoms. The molecule has 122 valence electrons. The molecule has 0 spiro atoms. The summed E-state index contributed by atoms with van der Waals surface area (Å²) in [6.07, 6.45) is 0.985. The van der Waals surface area contributed by atoms with Gasteiger partial charge in [0.15, 0.2) is 11.5 Å². The van der Waals surface area contributed by atoms with Crippen LogP contribution in [-0.4, -0.2) is 30.9 Å². The largest absolute Gasteiger partial charge is 0.493 e. The minimum atomic E-state index is -0.525. The van der Waals surface area contributed by atoms with E-state index in [-0.39, 0.29) is 24.0 Å². The molecule has 1 amide bonds. The number of hydrogen-bond donors (Lipinski definition) is 3. The summed E-state index contributed by atoms with van der Waals surface area (Å²) in [5.74, 6) is -1.16. The van der Waals surface area contributed by atoms with E-state index in [4.69, 9.17) is 5.11 Å². The van der Waals surface area contributed by atoms with Crippen LogP contribution >= 0.6 is 0 Å². The zero-order chi connectivity index (χ0) is 17.1. The maximum Gasteiger partial charge on any atom is 0.276 e. The fraction of sp³-hybridized carbons (Fsp3) is 0.0625. The number of carbonyl (C=O) groups excluding carboxylic acids is 1. The van der Waals surface area contributed by atoms with Gasteiger partial charge in [0.25, 0.3) is 5.91 Å². The van der Waals surface area contributed by atoms with E-state index in [1.807, 2.05) is 0 Å². The number of nitrogens with zero attached hydrogens (tertiary/aromatic N) is 3. The van der Waals surface area contributed by atoms with Crippen LogP contribution in [0.4, 0.5) is 10.1 Å². The molecule has 2 aromatic heterocycles. The molecule has 0 aliphatic carbocycles. The molecule has 0 radical (unpaired) electrons. The Hall–Kier alpha value is -3.26. The van der Waals surface area contributed by atoms with Crippen molar-refractivity contribution in [2.45, 2.75) is 6.61 Å². The Morgan fingerprint density at radius 3 is 2.58 bits per heavy atom. The van der Waals surface area contributed by atoms with Gasteiger partial charge in [-0.05, 0) is 29.8 Å². The van der Waals surface area contributed by atoms with Crippen LogP contribution in [0.1, 0.15) is 16.1 Å². The number of aromatic nitrogens is 3. The summed E-state index contributed by atoms with van der Waals surface area (Å²) in [6, 6.07) is 10.3. The van der Waals surface area contributed by atoms with Crippen molar-refractivity contribution in [3.8, 4) is 11.7 Å². The number of aromatic hydroxyl groups is 1. The van der Waals surface area contributed by atoms with Gasteiger partial charge < -0.3 is 15.5 Å². The lowest BCUT2D eigenvalue weighted by molar-refractivity contribution is 0.102. The first-order valence-corrected chi connectivity index (χ1v) is 6.99. The summed E-state index contributed by atoms with van der Waals surface area (Å²) in [6.45, 7) is -0.0861. The summed E-state index contributed by atoms with van der Waals surface area (Å²) < 4.78 is 13.9. The third-order valence-electron chi connectivity index (χ3n) is 3.25. The fourth-order valence-electron chi connectivity index (χ4n) is 2.03. The van der Waals surface area contributed by atoms with E-state index in [0.29, 0.717) is 5.69 Å². The first kappa shape index (κ1) is 15.6. The molecule has 3 N–H and O–H groups in total. The zero-order valence-electron chi connectivity index (χ0n) is 12.3. The van der Waals surface area contributed by atoms with Gasteiger partial charge in [0.2, 0.25) is 5.88 Å². The summed E-state index contributed by atoms with van der Waals surface area (Å²) in [5, 5.41) is 25.5. The molecule has 2 heterocycles. The molecule has 7 nitrogen and oxygen atoms in total. The number of carbonyl (C=O) groups is 1. The number of amides is 1. The molecule has 0 bridgehead atoms. The van der Waals surface area contributed by atoms with Crippen molar-refractivity contribution >= 4 is 11.6 Å². The number of pyridine rings is 1. The van der Waals surface area contributed by atoms with Crippen LogP contribution in [0.15, 0.2) is 48.7 Å². The zero-order valence-corrected chi connectivity index (χ0v) is 12.3. The second-order valence-corrected chi connectivity index (χ2v) is 4.94. The number of benzene rings is 1. The number of aliphatic hydroxyl groups is 1. The molecule has 0 fully saturated rings. The predicted octanol–water partition coefficient (Wildman–Crippen LogP) is 1.86. The second kappa shape index (κ2) is 6.47. The molecule has 0 saturated heterocycles. The Morgan fingerprint density at radius 2 is 1.96 bits per heavy atom. The van der Waals surface area contributed by atoms with Crippen molar-refractivity contribution in [3.63, 3.8) is 0 Å². The highest BCUT2D eigenvalue weighted by Crippen LogP contribution is 2.18. The van der Waals surface area contributed by atoms with Gasteiger partial charge in [-0.1, -0.05) is 12.1 Å². The van der Waals surface area contributed by atoms with Crippen molar-refractivity contribution in [1.29, 1.82) is 0 Å². The van der Waals surface area contributed by atoms with E-state index in [0.717, 1.165) is 16.4 Å². The van der Waals surface area contributed by atoms with Crippen molar-refractivity contribution in [2.24, 2.45) is 0 Å². The minimum Gasteiger partial charge on any atom is -0.493 e. The summed E-state index contributed by atoms with van der Waals surface area (Å²) >= 11 is 0. The molecule has 1 aromatic carbocycles. The number of hydrogen-bond acceptors (Lipinski definition) is 5. The standard InChI is InChI=1S/C16H13FN4O3/c17-11-3-6-14(18-8-11)21-15(23)7-13(20-21)16(24)19-12-4-1-10(9-22)2-5-12/h1-8,22-23H,9H2,(H,19,24). The highest BCUT2D eigenvalue weighted by Gasteiger charge is 2.16. The lowest BCUT2D eigenvalue weighted by Crippen LogP contribution is -2.13. The third kappa shape index (κ3) is 3.23. The maximum atomic E-state index is 12.9. The van der Waals surface area contributed by atoms with Gasteiger partial charge in [0.05, 0.1) is 12.8 Å². The Labute approximate surface area is 136 Å². The quantitative estimate of drug-likeness (QED) is 0.679. The van der Waals surface area contributed by atoms with Gasteiger partial charge in [0.1, 0.15) is 5.82 Å². The first-order valence-electron chi connectivity index (χ1n) is 6.99. The van der Waals surface area contributed by atoms with Crippen molar-refractivity contribution < 1.29 is 19.4 Å². The summed E-state index contributed by atoms with van der Waals surface area (Å²) in [4.78, 5) is 16.0. The Morgan fingerprint density at radius 1 is 1.21 bits per heavy atom. The van der Waals surface area contributed by atoms with Crippen LogP contribution < -0.4 is 5.32 Å². The van der Waals surface area contributed by atoms with E-state index in [1.54, 1.807) is 24.3 Å². The molecular formula is C16H13FN4O3. The van der Waals surface area contributed by atoms with E-state index in [9.17, 15) is 14.3 Å². The van der Waals surface area contributed by atoms with Crippen LogP contribution in [0.2, 0.25) is 0 Å². The molecule has 0 unspecified atom stereocenters. The van der Waals surface area contributed by atoms with Crippen LogP contribution in [-0.2, 0) is 6.61 Å². The van der Waals surface area contributed by atoms with E-state index < -0.39 is 11.7 Å². The molecule has 3 rings (SSSR count). The average molecular weight is 328 g/mol. The first-order chi connectivity index (χ1) is 11.6. The monoisotopic (exact) mass is 328 g/mol. The number of anilines is 1. The van der Waals surface area contributed by atoms with Gasteiger partial charge in [-0.15, -0.1) is 0 Å². The fourth-order valence-corrected chi connectivity index (χ4v) is 2.03. The minimum absolute atomic E-state index is 0.0233. The molecule has 0 saturated carbocycles. The number of rotatable bonds is 4. The van der Waals surface area contributed by atoms with Gasteiger partial charge in [0, 0.05) is 11.8 Å². The highest BCUT2D eigenvalue weighted by atomic mass is 19.1. The molecule has 0 aliphatic rings. The van der Waals surface area contributed by atoms with E-state index in [1.165, 1.54) is 18.2 Å². The summed E-state index contributed by atoms with van der Waals surface area (Å²) in [7, 11) is 0. The van der Waals surface area contributed by atoms with Crippen molar-refractivity contribution in [2.75, 3.05) is 5.32 Å². The average Bonchev–Trinajstić information content (AvgIpc) is 2.98. The number of aliphatic hydroxyl groups excluding tert-OH is 1. The number of halogens is 1. The molecule has 0 aliphatic heterocycles. The maximum absolute atomic E-state index is 12.9. The molecule has 3 aromatic rings. The van der Waals surface area contributed by atoms with Crippen LogP contribution in [0.25, 0.3) is 5.82 Å². The molecule has 0 atom stereocenters. The lowest BCUT2D eigenvalue weighted by atomic mass is 10.2. The predicted molar refractivity (Wildman–Crippen MR) is 83.3 cm³/mol. The van der Waals surface area contributed by atoms with Crippen molar-refractivity contribution in [3.05, 3.63) is 65.7 Å². The number of nitrogens with one attached hydrogen (secondary N) is 1.